The average molecular weight is 284 g/mol. The van der Waals surface area contributed by atoms with Gasteiger partial charge in [0.25, 0.3) is 0 Å². The van der Waals surface area contributed by atoms with E-state index in [-0.39, 0.29) is 0 Å². The highest BCUT2D eigenvalue weighted by atomic mass is 14.0. The fraction of sp³-hybridized carbons (Fsp3) is 0.619. The third-order valence-corrected chi connectivity index (χ3v) is 3.75. The maximum Gasteiger partial charge on any atom is 0.0146 e. The summed E-state index contributed by atoms with van der Waals surface area (Å²) in [4.78, 5) is 0. The third-order valence-electron chi connectivity index (χ3n) is 3.75. The van der Waals surface area contributed by atoms with Crippen LogP contribution in [0.1, 0.15) is 76.8 Å². The SMILES string of the molecule is CCCCCc1ccc(CCCCCC#CC(C)C)cc1. The fourth-order valence-corrected chi connectivity index (χ4v) is 2.45. The molecule has 0 aliphatic rings. The van der Waals surface area contributed by atoms with Crippen LogP contribution in [-0.4, -0.2) is 0 Å². The Morgan fingerprint density at radius 2 is 1.38 bits per heavy atom. The van der Waals surface area contributed by atoms with E-state index in [1.54, 1.807) is 0 Å². The van der Waals surface area contributed by atoms with Gasteiger partial charge in [0.2, 0.25) is 0 Å². The summed E-state index contributed by atoms with van der Waals surface area (Å²) >= 11 is 0. The number of aryl methyl sites for hydroxylation is 2. The first-order valence-corrected chi connectivity index (χ1v) is 8.78. The Bertz CT molecular complexity index is 414. The van der Waals surface area contributed by atoms with Crippen molar-refractivity contribution in [1.82, 2.24) is 0 Å². The molecule has 0 saturated heterocycles. The van der Waals surface area contributed by atoms with Crippen LogP contribution in [0.4, 0.5) is 0 Å². The molecule has 0 amide bonds. The predicted octanol–water partition coefficient (Wildman–Crippen LogP) is 6.18. The highest BCUT2D eigenvalue weighted by Gasteiger charge is 1.96. The smallest absolute Gasteiger partial charge is 0.0146 e. The molecule has 1 rings (SSSR count). The lowest BCUT2D eigenvalue weighted by Gasteiger charge is -2.04. The van der Waals surface area contributed by atoms with Crippen LogP contribution in [0.25, 0.3) is 0 Å². The molecule has 0 saturated carbocycles. The van der Waals surface area contributed by atoms with Gasteiger partial charge >= 0.3 is 0 Å². The van der Waals surface area contributed by atoms with Gasteiger partial charge in [-0.2, -0.15) is 0 Å². The number of unbranched alkanes of at least 4 members (excludes halogenated alkanes) is 5. The normalized spacial score (nSPS) is 10.5. The van der Waals surface area contributed by atoms with E-state index in [1.807, 2.05) is 0 Å². The van der Waals surface area contributed by atoms with Crippen LogP contribution in [0.5, 0.6) is 0 Å². The molecular weight excluding hydrogens is 252 g/mol. The number of rotatable bonds is 9. The highest BCUT2D eigenvalue weighted by Crippen LogP contribution is 2.12. The molecule has 21 heavy (non-hydrogen) atoms. The highest BCUT2D eigenvalue weighted by molar-refractivity contribution is 5.22. The summed E-state index contributed by atoms with van der Waals surface area (Å²) in [7, 11) is 0. The second kappa shape index (κ2) is 11.4. The first-order valence-electron chi connectivity index (χ1n) is 8.78. The predicted molar refractivity (Wildman–Crippen MR) is 94.5 cm³/mol. The molecule has 0 bridgehead atoms. The summed E-state index contributed by atoms with van der Waals surface area (Å²) in [5, 5.41) is 0. The minimum absolute atomic E-state index is 0.515. The Morgan fingerprint density at radius 3 is 1.90 bits per heavy atom. The van der Waals surface area contributed by atoms with Crippen molar-refractivity contribution in [2.75, 3.05) is 0 Å². The van der Waals surface area contributed by atoms with Gasteiger partial charge in [0, 0.05) is 12.3 Å². The molecule has 0 aliphatic heterocycles. The molecule has 0 heteroatoms. The fourth-order valence-electron chi connectivity index (χ4n) is 2.45. The molecule has 0 N–H and O–H groups in total. The monoisotopic (exact) mass is 284 g/mol. The van der Waals surface area contributed by atoms with Gasteiger partial charge in [-0.3, -0.25) is 0 Å². The van der Waals surface area contributed by atoms with E-state index in [1.165, 1.54) is 62.5 Å². The number of benzene rings is 1. The van der Waals surface area contributed by atoms with Gasteiger partial charge in [0.05, 0.1) is 0 Å². The quantitative estimate of drug-likeness (QED) is 0.375. The summed E-state index contributed by atoms with van der Waals surface area (Å²) in [6.45, 7) is 6.56. The summed E-state index contributed by atoms with van der Waals surface area (Å²) < 4.78 is 0. The van der Waals surface area contributed by atoms with Crippen molar-refractivity contribution in [2.24, 2.45) is 5.92 Å². The Hall–Kier alpha value is -1.22. The van der Waals surface area contributed by atoms with Crippen LogP contribution in [0.2, 0.25) is 0 Å². The maximum absolute atomic E-state index is 3.27. The molecule has 1 aromatic rings. The van der Waals surface area contributed by atoms with E-state index in [4.69, 9.17) is 0 Å². The minimum atomic E-state index is 0.515. The van der Waals surface area contributed by atoms with E-state index < -0.39 is 0 Å². The molecule has 116 valence electrons. The summed E-state index contributed by atoms with van der Waals surface area (Å²) in [5.41, 5.74) is 2.98. The average Bonchev–Trinajstić information content (AvgIpc) is 2.48. The molecule has 0 unspecified atom stereocenters. The lowest BCUT2D eigenvalue weighted by Crippen LogP contribution is -1.89. The standard InChI is InChI=1S/C21H32/c1-4-5-9-13-20-15-17-21(18-16-20)14-11-8-6-7-10-12-19(2)3/h15-19H,4-9,11,13-14H2,1-3H3. The van der Waals surface area contributed by atoms with E-state index in [0.717, 1.165) is 6.42 Å². The van der Waals surface area contributed by atoms with Crippen LogP contribution in [0, 0.1) is 17.8 Å². The molecule has 0 radical (unpaired) electrons. The summed E-state index contributed by atoms with van der Waals surface area (Å²) in [6, 6.07) is 9.28. The van der Waals surface area contributed by atoms with Gasteiger partial charge in [-0.05, 0) is 43.2 Å². The molecule has 0 spiro atoms. The molecule has 0 heterocycles. The van der Waals surface area contributed by atoms with Crippen molar-refractivity contribution in [1.29, 1.82) is 0 Å². The van der Waals surface area contributed by atoms with Gasteiger partial charge in [-0.25, -0.2) is 0 Å². The second-order valence-corrected chi connectivity index (χ2v) is 6.31. The largest absolute Gasteiger partial charge is 0.103 e. The maximum atomic E-state index is 3.27. The van der Waals surface area contributed by atoms with Crippen molar-refractivity contribution >= 4 is 0 Å². The second-order valence-electron chi connectivity index (χ2n) is 6.31. The number of hydrogen-bond donors (Lipinski definition) is 0. The Labute approximate surface area is 132 Å². The van der Waals surface area contributed by atoms with E-state index in [2.05, 4.69) is 56.9 Å². The zero-order valence-corrected chi connectivity index (χ0v) is 14.3. The van der Waals surface area contributed by atoms with Gasteiger partial charge in [0.15, 0.2) is 0 Å². The van der Waals surface area contributed by atoms with E-state index >= 15 is 0 Å². The number of hydrogen-bond acceptors (Lipinski definition) is 0. The van der Waals surface area contributed by atoms with E-state index in [9.17, 15) is 0 Å². The van der Waals surface area contributed by atoms with E-state index in [0.29, 0.717) is 5.92 Å². The van der Waals surface area contributed by atoms with Gasteiger partial charge < -0.3 is 0 Å². The molecule has 0 aromatic heterocycles. The molecule has 0 aliphatic carbocycles. The first kappa shape index (κ1) is 17.8. The van der Waals surface area contributed by atoms with Crippen molar-refractivity contribution in [2.45, 2.75) is 78.6 Å². The van der Waals surface area contributed by atoms with Crippen molar-refractivity contribution < 1.29 is 0 Å². The van der Waals surface area contributed by atoms with Crippen molar-refractivity contribution in [3.05, 3.63) is 35.4 Å². The zero-order chi connectivity index (χ0) is 15.3. The van der Waals surface area contributed by atoms with Gasteiger partial charge in [-0.1, -0.05) is 64.3 Å². The van der Waals surface area contributed by atoms with Crippen LogP contribution < -0.4 is 0 Å². The Morgan fingerprint density at radius 1 is 0.810 bits per heavy atom. The van der Waals surface area contributed by atoms with Crippen molar-refractivity contribution in [3.63, 3.8) is 0 Å². The van der Waals surface area contributed by atoms with Crippen molar-refractivity contribution in [3.8, 4) is 11.8 Å². The summed E-state index contributed by atoms with van der Waals surface area (Å²) in [5.74, 6) is 7.01. The Balaban J connectivity index is 2.14. The van der Waals surface area contributed by atoms with Gasteiger partial charge in [0.1, 0.15) is 0 Å². The Kier molecular flexibility index (Phi) is 9.71. The molecule has 0 nitrogen and oxygen atoms in total. The van der Waals surface area contributed by atoms with Crippen LogP contribution in [0.3, 0.4) is 0 Å². The van der Waals surface area contributed by atoms with Crippen LogP contribution in [-0.2, 0) is 12.8 Å². The van der Waals surface area contributed by atoms with Crippen LogP contribution in [0.15, 0.2) is 24.3 Å². The van der Waals surface area contributed by atoms with Crippen LogP contribution >= 0.6 is 0 Å². The zero-order valence-electron chi connectivity index (χ0n) is 14.3. The third kappa shape index (κ3) is 9.35. The topological polar surface area (TPSA) is 0 Å². The lowest BCUT2D eigenvalue weighted by molar-refractivity contribution is 0.691. The molecular formula is C21H32. The molecule has 0 atom stereocenters. The molecule has 0 fully saturated rings. The first-order chi connectivity index (χ1) is 10.2. The minimum Gasteiger partial charge on any atom is -0.103 e. The summed E-state index contributed by atoms with van der Waals surface area (Å²) in [6.07, 6.45) is 11.3. The lowest BCUT2D eigenvalue weighted by atomic mass is 10.0. The molecule has 1 aromatic carbocycles. The van der Waals surface area contributed by atoms with Gasteiger partial charge in [-0.15, -0.1) is 11.8 Å².